The molecule has 0 saturated heterocycles. The van der Waals surface area contributed by atoms with E-state index in [0.29, 0.717) is 5.92 Å². The van der Waals surface area contributed by atoms with E-state index in [-0.39, 0.29) is 18.0 Å². The molecule has 0 aromatic rings. The van der Waals surface area contributed by atoms with E-state index in [1.807, 2.05) is 13.8 Å². The minimum Gasteiger partial charge on any atom is -0.462 e. The van der Waals surface area contributed by atoms with Gasteiger partial charge in [-0.05, 0) is 38.5 Å². The molecule has 0 radical (unpaired) electrons. The lowest BCUT2D eigenvalue weighted by Crippen LogP contribution is -2.25. The van der Waals surface area contributed by atoms with Crippen LogP contribution < -0.4 is 0 Å². The second kappa shape index (κ2) is 10.8. The van der Waals surface area contributed by atoms with Gasteiger partial charge in [0.2, 0.25) is 0 Å². The van der Waals surface area contributed by atoms with Crippen molar-refractivity contribution in [1.29, 1.82) is 0 Å². The molecule has 0 aliphatic carbocycles. The summed E-state index contributed by atoms with van der Waals surface area (Å²) in [6.07, 6.45) is 12.1. The van der Waals surface area contributed by atoms with E-state index in [1.165, 1.54) is 0 Å². The summed E-state index contributed by atoms with van der Waals surface area (Å²) in [7, 11) is 0. The predicted octanol–water partition coefficient (Wildman–Crippen LogP) is 4.90. The highest BCUT2D eigenvalue weighted by Crippen LogP contribution is 2.15. The van der Waals surface area contributed by atoms with Gasteiger partial charge < -0.3 is 4.74 Å². The number of allylic oxidation sites excluding steroid dienone is 4. The predicted molar refractivity (Wildman–Crippen MR) is 82.0 cm³/mol. The van der Waals surface area contributed by atoms with Crippen molar-refractivity contribution in [2.45, 2.75) is 66.4 Å². The summed E-state index contributed by atoms with van der Waals surface area (Å²) in [6.45, 7) is 10.3. The van der Waals surface area contributed by atoms with Crippen molar-refractivity contribution in [2.24, 2.45) is 11.8 Å². The van der Waals surface area contributed by atoms with Crippen LogP contribution in [0, 0.1) is 11.8 Å². The molecular formula is C17H30O2. The zero-order valence-electron chi connectivity index (χ0n) is 13.2. The Morgan fingerprint density at radius 1 is 1.05 bits per heavy atom. The van der Waals surface area contributed by atoms with Crippen LogP contribution in [0.4, 0.5) is 0 Å². The lowest BCUT2D eigenvalue weighted by molar-refractivity contribution is -0.155. The minimum absolute atomic E-state index is 0.00184. The maximum Gasteiger partial charge on any atom is 0.309 e. The Morgan fingerprint density at radius 3 is 2.21 bits per heavy atom. The standard InChI is InChI=1S/C17H30O2/c1-6-8-9-10-11-12-13-16(7-2)17(18)19-15(5)14(3)4/h8-9,11-12,14-16H,6-7,10,13H2,1-5H3/b9-8-,12-11-. The molecule has 0 spiro atoms. The maximum atomic E-state index is 12.0. The van der Waals surface area contributed by atoms with Crippen LogP contribution >= 0.6 is 0 Å². The molecular weight excluding hydrogens is 236 g/mol. The van der Waals surface area contributed by atoms with Crippen LogP contribution in [-0.2, 0) is 9.53 Å². The second-order valence-electron chi connectivity index (χ2n) is 5.31. The van der Waals surface area contributed by atoms with E-state index in [2.05, 4.69) is 45.1 Å². The van der Waals surface area contributed by atoms with Gasteiger partial charge in [0.1, 0.15) is 6.10 Å². The third-order valence-corrected chi connectivity index (χ3v) is 3.33. The number of ether oxygens (including phenoxy) is 1. The molecule has 19 heavy (non-hydrogen) atoms. The highest BCUT2D eigenvalue weighted by molar-refractivity contribution is 5.72. The van der Waals surface area contributed by atoms with E-state index in [1.54, 1.807) is 0 Å². The summed E-state index contributed by atoms with van der Waals surface area (Å²) in [5.41, 5.74) is 0. The molecule has 0 amide bonds. The topological polar surface area (TPSA) is 26.3 Å². The van der Waals surface area contributed by atoms with Gasteiger partial charge in [-0.2, -0.15) is 0 Å². The first kappa shape index (κ1) is 17.9. The lowest BCUT2D eigenvalue weighted by atomic mass is 10.0. The summed E-state index contributed by atoms with van der Waals surface area (Å²) >= 11 is 0. The van der Waals surface area contributed by atoms with E-state index in [0.717, 1.165) is 25.7 Å². The zero-order chi connectivity index (χ0) is 14.7. The largest absolute Gasteiger partial charge is 0.462 e. The maximum absolute atomic E-state index is 12.0. The first-order chi connectivity index (χ1) is 9.02. The molecule has 0 aliphatic heterocycles. The number of hydrogen-bond donors (Lipinski definition) is 0. The minimum atomic E-state index is -0.0579. The van der Waals surface area contributed by atoms with Crippen molar-refractivity contribution in [3.05, 3.63) is 24.3 Å². The van der Waals surface area contributed by atoms with Gasteiger partial charge in [0.25, 0.3) is 0 Å². The van der Waals surface area contributed by atoms with Gasteiger partial charge >= 0.3 is 5.97 Å². The van der Waals surface area contributed by atoms with Crippen LogP contribution in [0.5, 0.6) is 0 Å². The van der Waals surface area contributed by atoms with Gasteiger partial charge in [0.05, 0.1) is 5.92 Å². The molecule has 0 aromatic heterocycles. The quantitative estimate of drug-likeness (QED) is 0.438. The molecule has 110 valence electrons. The number of carbonyl (C=O) groups is 1. The van der Waals surface area contributed by atoms with Gasteiger partial charge in [0, 0.05) is 0 Å². The summed E-state index contributed by atoms with van der Waals surface area (Å²) in [5, 5.41) is 0. The normalized spacial score (nSPS) is 15.3. The van der Waals surface area contributed by atoms with Crippen molar-refractivity contribution >= 4 is 5.97 Å². The molecule has 0 saturated carbocycles. The Balaban J connectivity index is 4.12. The molecule has 0 rings (SSSR count). The van der Waals surface area contributed by atoms with Crippen molar-refractivity contribution in [2.75, 3.05) is 0 Å². The van der Waals surface area contributed by atoms with Crippen LogP contribution in [0.3, 0.4) is 0 Å². The molecule has 0 bridgehead atoms. The van der Waals surface area contributed by atoms with E-state index in [9.17, 15) is 4.79 Å². The molecule has 2 heteroatoms. The lowest BCUT2D eigenvalue weighted by Gasteiger charge is -2.20. The fourth-order valence-electron chi connectivity index (χ4n) is 1.54. The van der Waals surface area contributed by atoms with E-state index >= 15 is 0 Å². The van der Waals surface area contributed by atoms with Gasteiger partial charge in [0.15, 0.2) is 0 Å². The van der Waals surface area contributed by atoms with Crippen molar-refractivity contribution in [1.82, 2.24) is 0 Å². The molecule has 0 aromatic carbocycles. The first-order valence-corrected chi connectivity index (χ1v) is 7.53. The van der Waals surface area contributed by atoms with Crippen LogP contribution in [0.25, 0.3) is 0 Å². The molecule has 0 fully saturated rings. The fraction of sp³-hybridized carbons (Fsp3) is 0.706. The smallest absolute Gasteiger partial charge is 0.309 e. The molecule has 0 heterocycles. The van der Waals surface area contributed by atoms with Crippen LogP contribution in [-0.4, -0.2) is 12.1 Å². The molecule has 0 N–H and O–H groups in total. The molecule has 0 aliphatic rings. The second-order valence-corrected chi connectivity index (χ2v) is 5.31. The average molecular weight is 266 g/mol. The highest BCUT2D eigenvalue weighted by atomic mass is 16.5. The van der Waals surface area contributed by atoms with E-state index < -0.39 is 0 Å². The van der Waals surface area contributed by atoms with Crippen molar-refractivity contribution in [3.8, 4) is 0 Å². The zero-order valence-corrected chi connectivity index (χ0v) is 13.2. The third kappa shape index (κ3) is 8.63. The van der Waals surface area contributed by atoms with Crippen LogP contribution in [0.15, 0.2) is 24.3 Å². The number of hydrogen-bond acceptors (Lipinski definition) is 2. The van der Waals surface area contributed by atoms with Gasteiger partial charge in [-0.15, -0.1) is 0 Å². The molecule has 2 nitrogen and oxygen atoms in total. The number of esters is 1. The summed E-state index contributed by atoms with van der Waals surface area (Å²) in [6, 6.07) is 0. The fourth-order valence-corrected chi connectivity index (χ4v) is 1.54. The Morgan fingerprint density at radius 2 is 1.68 bits per heavy atom. The number of carbonyl (C=O) groups excluding carboxylic acids is 1. The Kier molecular flexibility index (Phi) is 10.2. The molecule has 2 atom stereocenters. The Hall–Kier alpha value is -1.05. The number of rotatable bonds is 9. The summed E-state index contributed by atoms with van der Waals surface area (Å²) in [4.78, 5) is 12.0. The Bertz CT molecular complexity index is 290. The Labute approximate surface area is 118 Å². The summed E-state index contributed by atoms with van der Waals surface area (Å²) in [5.74, 6) is 0.307. The van der Waals surface area contributed by atoms with Crippen molar-refractivity contribution in [3.63, 3.8) is 0 Å². The monoisotopic (exact) mass is 266 g/mol. The SMILES string of the molecule is CC/C=C\C/C=C\CC(CC)C(=O)OC(C)C(C)C. The van der Waals surface area contributed by atoms with Crippen molar-refractivity contribution < 1.29 is 9.53 Å². The molecule has 2 unspecified atom stereocenters. The van der Waals surface area contributed by atoms with Gasteiger partial charge in [-0.3, -0.25) is 4.79 Å². The van der Waals surface area contributed by atoms with Gasteiger partial charge in [-0.25, -0.2) is 0 Å². The van der Waals surface area contributed by atoms with Crippen LogP contribution in [0.1, 0.15) is 60.3 Å². The van der Waals surface area contributed by atoms with Gasteiger partial charge in [-0.1, -0.05) is 52.0 Å². The van der Waals surface area contributed by atoms with Crippen LogP contribution in [0.2, 0.25) is 0 Å². The third-order valence-electron chi connectivity index (χ3n) is 3.33. The summed E-state index contributed by atoms with van der Waals surface area (Å²) < 4.78 is 5.47. The van der Waals surface area contributed by atoms with E-state index in [4.69, 9.17) is 4.74 Å². The first-order valence-electron chi connectivity index (χ1n) is 7.53. The highest BCUT2D eigenvalue weighted by Gasteiger charge is 2.20. The average Bonchev–Trinajstić information content (AvgIpc) is 2.37.